The highest BCUT2D eigenvalue weighted by Gasteiger charge is 2.24. The third-order valence-corrected chi connectivity index (χ3v) is 5.18. The predicted molar refractivity (Wildman–Crippen MR) is 121 cm³/mol. The van der Waals surface area contributed by atoms with Crippen LogP contribution in [0, 0.1) is 0 Å². The van der Waals surface area contributed by atoms with Gasteiger partial charge in [0, 0.05) is 28.8 Å². The van der Waals surface area contributed by atoms with E-state index in [4.69, 9.17) is 16.3 Å². The quantitative estimate of drug-likeness (QED) is 0.470. The monoisotopic (exact) mass is 447 g/mol. The fourth-order valence-electron chi connectivity index (χ4n) is 3.48. The van der Waals surface area contributed by atoms with Crippen LogP contribution in [0.4, 0.5) is 0 Å². The first kappa shape index (κ1) is 21.3. The number of esters is 1. The second kappa shape index (κ2) is 9.03. The van der Waals surface area contributed by atoms with Crippen molar-refractivity contribution < 1.29 is 14.3 Å². The second-order valence-electron chi connectivity index (χ2n) is 6.88. The van der Waals surface area contributed by atoms with Gasteiger partial charge in [0.05, 0.1) is 18.2 Å². The fourth-order valence-corrected chi connectivity index (χ4v) is 3.65. The number of ether oxygens (including phenoxy) is 1. The van der Waals surface area contributed by atoms with Crippen LogP contribution in [0.3, 0.4) is 0 Å². The van der Waals surface area contributed by atoms with Crippen LogP contribution in [0.25, 0.3) is 16.6 Å². The summed E-state index contributed by atoms with van der Waals surface area (Å²) in [6.45, 7) is -0.190. The third kappa shape index (κ3) is 3.98. The Bertz CT molecular complexity index is 1370. The molecule has 0 aliphatic heterocycles. The lowest BCUT2D eigenvalue weighted by Gasteiger charge is -2.19. The molecule has 1 N–H and O–H groups in total. The van der Waals surface area contributed by atoms with Crippen LogP contribution >= 0.6 is 11.6 Å². The molecule has 0 saturated carbocycles. The van der Waals surface area contributed by atoms with E-state index in [1.807, 2.05) is 18.2 Å². The molecule has 4 aromatic rings. The van der Waals surface area contributed by atoms with Gasteiger partial charge in [0.15, 0.2) is 5.43 Å². The van der Waals surface area contributed by atoms with E-state index < -0.39 is 17.3 Å². The molecule has 0 bridgehead atoms. The average molecular weight is 448 g/mol. The number of methoxy groups -OCH3 is 1. The number of carbonyl (C=O) groups is 2. The molecular weight excluding hydrogens is 430 g/mol. The number of amides is 1. The molecule has 7 nitrogen and oxygen atoms in total. The second-order valence-corrected chi connectivity index (χ2v) is 7.31. The van der Waals surface area contributed by atoms with Gasteiger partial charge in [-0.2, -0.15) is 0 Å². The number of aromatic nitrogens is 2. The van der Waals surface area contributed by atoms with Gasteiger partial charge in [-0.1, -0.05) is 35.9 Å². The van der Waals surface area contributed by atoms with Crippen molar-refractivity contribution in [3.8, 4) is 5.69 Å². The molecule has 0 saturated heterocycles. The van der Waals surface area contributed by atoms with Crippen LogP contribution in [0.1, 0.15) is 26.5 Å². The van der Waals surface area contributed by atoms with E-state index in [-0.39, 0.29) is 23.5 Å². The number of nitrogens with zero attached hydrogens (tertiary/aromatic N) is 2. The number of halogens is 1. The summed E-state index contributed by atoms with van der Waals surface area (Å²) >= 11 is 6.21. The zero-order valence-electron chi connectivity index (χ0n) is 17.0. The maximum atomic E-state index is 13.4. The van der Waals surface area contributed by atoms with E-state index in [0.717, 1.165) is 0 Å². The summed E-state index contributed by atoms with van der Waals surface area (Å²) in [5, 5.41) is 3.45. The van der Waals surface area contributed by atoms with E-state index in [1.165, 1.54) is 13.3 Å². The highest BCUT2D eigenvalue weighted by atomic mass is 35.5. The van der Waals surface area contributed by atoms with Crippen molar-refractivity contribution in [1.82, 2.24) is 14.9 Å². The zero-order valence-corrected chi connectivity index (χ0v) is 17.8. The van der Waals surface area contributed by atoms with Gasteiger partial charge >= 0.3 is 5.97 Å². The van der Waals surface area contributed by atoms with E-state index in [2.05, 4.69) is 10.3 Å². The van der Waals surface area contributed by atoms with Gasteiger partial charge in [0.25, 0.3) is 5.91 Å². The molecular formula is C24H18ClN3O4. The lowest BCUT2D eigenvalue weighted by Crippen LogP contribution is -2.31. The molecule has 0 fully saturated rings. The molecule has 8 heteroatoms. The van der Waals surface area contributed by atoms with Gasteiger partial charge in [-0.15, -0.1) is 0 Å². The average Bonchev–Trinajstić information content (AvgIpc) is 2.83. The number of benzene rings is 2. The van der Waals surface area contributed by atoms with Gasteiger partial charge in [-0.05, 0) is 42.5 Å². The van der Waals surface area contributed by atoms with Gasteiger partial charge in [0.2, 0.25) is 0 Å². The largest absolute Gasteiger partial charge is 0.464 e. The Kier molecular flexibility index (Phi) is 6.00. The first-order valence-electron chi connectivity index (χ1n) is 9.71. The number of carbonyl (C=O) groups excluding carboxylic acids is 2. The van der Waals surface area contributed by atoms with E-state index in [0.29, 0.717) is 21.6 Å². The zero-order chi connectivity index (χ0) is 22.7. The van der Waals surface area contributed by atoms with Crippen LogP contribution in [-0.2, 0) is 11.3 Å². The predicted octanol–water partition coefficient (Wildman–Crippen LogP) is 3.76. The van der Waals surface area contributed by atoms with Crippen LogP contribution in [-0.4, -0.2) is 28.5 Å². The number of pyridine rings is 2. The fraction of sp³-hybridized carbons (Fsp3) is 0.0833. The van der Waals surface area contributed by atoms with Gasteiger partial charge in [0.1, 0.15) is 11.4 Å². The molecule has 1 amide bonds. The van der Waals surface area contributed by atoms with Crippen LogP contribution in [0.15, 0.2) is 77.7 Å². The summed E-state index contributed by atoms with van der Waals surface area (Å²) < 4.78 is 6.63. The standard InChI is InChI=1S/C24H18ClN3O4/c1-32-24(31)21-18(14-27-23(30)19-9-5-6-12-26-19)22(29)17-11-10-15(25)13-20(17)28(21)16-7-3-2-4-8-16/h2-13H,14H2,1H3,(H,27,30). The van der Waals surface area contributed by atoms with Crippen molar-refractivity contribution in [3.05, 3.63) is 105 Å². The Morgan fingerprint density at radius 3 is 2.50 bits per heavy atom. The molecule has 0 aliphatic carbocycles. The minimum absolute atomic E-state index is 0.0137. The Morgan fingerprint density at radius 2 is 1.81 bits per heavy atom. The Morgan fingerprint density at radius 1 is 1.06 bits per heavy atom. The lowest BCUT2D eigenvalue weighted by molar-refractivity contribution is 0.0589. The first-order chi connectivity index (χ1) is 15.5. The number of hydrogen-bond donors (Lipinski definition) is 1. The van der Waals surface area contributed by atoms with Crippen molar-refractivity contribution in [2.45, 2.75) is 6.54 Å². The maximum Gasteiger partial charge on any atom is 0.355 e. The van der Waals surface area contributed by atoms with E-state index >= 15 is 0 Å². The smallest absolute Gasteiger partial charge is 0.355 e. The summed E-state index contributed by atoms with van der Waals surface area (Å²) in [5.74, 6) is -1.18. The van der Waals surface area contributed by atoms with Gasteiger partial charge in [-0.3, -0.25) is 14.6 Å². The molecule has 0 radical (unpaired) electrons. The highest BCUT2D eigenvalue weighted by molar-refractivity contribution is 6.31. The lowest BCUT2D eigenvalue weighted by atomic mass is 10.1. The third-order valence-electron chi connectivity index (χ3n) is 4.95. The molecule has 2 aromatic heterocycles. The van der Waals surface area contributed by atoms with Crippen molar-refractivity contribution >= 4 is 34.4 Å². The topological polar surface area (TPSA) is 90.3 Å². The normalized spacial score (nSPS) is 10.7. The molecule has 0 spiro atoms. The van der Waals surface area contributed by atoms with Crippen molar-refractivity contribution in [1.29, 1.82) is 0 Å². The molecule has 0 aliphatic rings. The molecule has 160 valence electrons. The Labute approximate surface area is 188 Å². The summed E-state index contributed by atoms with van der Waals surface area (Å²) in [7, 11) is 1.24. The van der Waals surface area contributed by atoms with Crippen LogP contribution in [0.2, 0.25) is 5.02 Å². The number of hydrogen-bond acceptors (Lipinski definition) is 5. The summed E-state index contributed by atoms with van der Waals surface area (Å²) in [4.78, 5) is 42.8. The Balaban J connectivity index is 1.95. The van der Waals surface area contributed by atoms with Crippen molar-refractivity contribution in [3.63, 3.8) is 0 Å². The SMILES string of the molecule is COC(=O)c1c(CNC(=O)c2ccccn2)c(=O)c2ccc(Cl)cc2n1-c1ccccc1. The maximum absolute atomic E-state index is 13.4. The van der Waals surface area contributed by atoms with Crippen LogP contribution in [0.5, 0.6) is 0 Å². The van der Waals surface area contributed by atoms with Gasteiger partial charge in [-0.25, -0.2) is 4.79 Å². The molecule has 2 aromatic carbocycles. The minimum atomic E-state index is -0.713. The van der Waals surface area contributed by atoms with E-state index in [9.17, 15) is 14.4 Å². The molecule has 2 heterocycles. The number of nitrogens with one attached hydrogen (secondary N) is 1. The summed E-state index contributed by atoms with van der Waals surface area (Å²) in [6.07, 6.45) is 1.50. The van der Waals surface area contributed by atoms with E-state index in [1.54, 1.807) is 53.1 Å². The molecule has 0 unspecified atom stereocenters. The summed E-state index contributed by atoms with van der Waals surface area (Å²) in [5.41, 5.74) is 1.000. The Hall–Kier alpha value is -3.97. The number of para-hydroxylation sites is 1. The number of rotatable bonds is 5. The van der Waals surface area contributed by atoms with Crippen molar-refractivity contribution in [2.24, 2.45) is 0 Å². The summed E-state index contributed by atoms with van der Waals surface area (Å²) in [6, 6.07) is 18.8. The highest BCUT2D eigenvalue weighted by Crippen LogP contribution is 2.25. The number of fused-ring (bicyclic) bond motifs is 1. The van der Waals surface area contributed by atoms with Gasteiger partial charge < -0.3 is 14.6 Å². The molecule has 4 rings (SSSR count). The molecule has 32 heavy (non-hydrogen) atoms. The minimum Gasteiger partial charge on any atom is -0.464 e. The first-order valence-corrected chi connectivity index (χ1v) is 10.1. The van der Waals surface area contributed by atoms with Crippen molar-refractivity contribution in [2.75, 3.05) is 7.11 Å². The molecule has 0 atom stereocenters. The van der Waals surface area contributed by atoms with Crippen LogP contribution < -0.4 is 10.7 Å².